The maximum atomic E-state index is 10.5. The molecule has 0 aromatic heterocycles. The first kappa shape index (κ1) is 9.45. The molecule has 0 aliphatic heterocycles. The fourth-order valence-electron chi connectivity index (χ4n) is 1.00. The zero-order valence-electron chi connectivity index (χ0n) is 7.14. The highest BCUT2D eigenvalue weighted by Gasteiger charge is 2.04. The summed E-state index contributed by atoms with van der Waals surface area (Å²) in [6.07, 6.45) is 1.68. The van der Waals surface area contributed by atoms with Crippen LogP contribution in [0.25, 0.3) is 0 Å². The van der Waals surface area contributed by atoms with E-state index < -0.39 is 6.04 Å². The Bertz CT molecular complexity index is 272. The van der Waals surface area contributed by atoms with E-state index in [0.29, 0.717) is 0 Å². The second-order valence-corrected chi connectivity index (χ2v) is 2.66. The van der Waals surface area contributed by atoms with E-state index in [4.69, 9.17) is 0 Å². The number of rotatable bonds is 5. The number of carbonyl (C=O) groups is 2. The SMILES string of the molecule is O=CCC(C=O)Nc1ccccc1. The maximum absolute atomic E-state index is 10.5. The van der Waals surface area contributed by atoms with E-state index in [0.717, 1.165) is 18.3 Å². The van der Waals surface area contributed by atoms with Gasteiger partial charge in [0.15, 0.2) is 0 Å². The number of carbonyl (C=O) groups excluding carboxylic acids is 2. The maximum Gasteiger partial charge on any atom is 0.142 e. The van der Waals surface area contributed by atoms with Gasteiger partial charge in [0, 0.05) is 12.1 Å². The van der Waals surface area contributed by atoms with E-state index in [-0.39, 0.29) is 6.42 Å². The molecule has 3 nitrogen and oxygen atoms in total. The summed E-state index contributed by atoms with van der Waals surface area (Å²) in [5.74, 6) is 0. The fraction of sp³-hybridized carbons (Fsp3) is 0.200. The molecule has 1 rings (SSSR count). The summed E-state index contributed by atoms with van der Waals surface area (Å²) >= 11 is 0. The molecule has 0 spiro atoms. The van der Waals surface area contributed by atoms with Crippen LogP contribution >= 0.6 is 0 Å². The predicted molar refractivity (Wildman–Crippen MR) is 50.6 cm³/mol. The first-order valence-corrected chi connectivity index (χ1v) is 4.07. The van der Waals surface area contributed by atoms with Crippen LogP contribution in [-0.4, -0.2) is 18.6 Å². The zero-order valence-corrected chi connectivity index (χ0v) is 7.14. The van der Waals surface area contributed by atoms with E-state index in [1.165, 1.54) is 0 Å². The Labute approximate surface area is 76.8 Å². The normalized spacial score (nSPS) is 11.7. The van der Waals surface area contributed by atoms with Crippen molar-refractivity contribution in [3.8, 4) is 0 Å². The molecule has 0 aliphatic rings. The lowest BCUT2D eigenvalue weighted by atomic mass is 10.2. The first-order chi connectivity index (χ1) is 6.36. The van der Waals surface area contributed by atoms with Crippen LogP contribution in [0.1, 0.15) is 6.42 Å². The van der Waals surface area contributed by atoms with Crippen LogP contribution in [0.3, 0.4) is 0 Å². The molecule has 0 saturated carbocycles. The van der Waals surface area contributed by atoms with Crippen molar-refractivity contribution in [2.45, 2.75) is 12.5 Å². The van der Waals surface area contributed by atoms with E-state index in [2.05, 4.69) is 5.32 Å². The Morgan fingerprint density at radius 1 is 1.23 bits per heavy atom. The summed E-state index contributed by atoms with van der Waals surface area (Å²) in [4.78, 5) is 20.6. The number of anilines is 1. The summed E-state index contributed by atoms with van der Waals surface area (Å²) < 4.78 is 0. The van der Waals surface area contributed by atoms with Crippen LogP contribution in [0.5, 0.6) is 0 Å². The zero-order chi connectivity index (χ0) is 9.52. The Morgan fingerprint density at radius 2 is 1.92 bits per heavy atom. The lowest BCUT2D eigenvalue weighted by Crippen LogP contribution is -2.21. The minimum absolute atomic E-state index is 0.207. The van der Waals surface area contributed by atoms with Gasteiger partial charge in [0.2, 0.25) is 0 Å². The van der Waals surface area contributed by atoms with Gasteiger partial charge in [-0.15, -0.1) is 0 Å². The average Bonchev–Trinajstić information content (AvgIpc) is 2.19. The molecule has 1 N–H and O–H groups in total. The minimum atomic E-state index is -0.417. The summed E-state index contributed by atoms with van der Waals surface area (Å²) in [6, 6.07) is 8.90. The van der Waals surface area contributed by atoms with Gasteiger partial charge in [-0.25, -0.2) is 0 Å². The highest BCUT2D eigenvalue weighted by atomic mass is 16.1. The third-order valence-corrected chi connectivity index (χ3v) is 1.64. The molecule has 3 heteroatoms. The fourth-order valence-corrected chi connectivity index (χ4v) is 1.00. The molecule has 0 aliphatic carbocycles. The summed E-state index contributed by atoms with van der Waals surface area (Å²) in [5.41, 5.74) is 0.849. The topological polar surface area (TPSA) is 46.2 Å². The van der Waals surface area contributed by atoms with Gasteiger partial charge in [-0.1, -0.05) is 18.2 Å². The van der Waals surface area contributed by atoms with Gasteiger partial charge in [-0.2, -0.15) is 0 Å². The summed E-state index contributed by atoms with van der Waals surface area (Å²) in [6.45, 7) is 0. The van der Waals surface area contributed by atoms with Crippen LogP contribution in [0.4, 0.5) is 5.69 Å². The number of benzene rings is 1. The Kier molecular flexibility index (Phi) is 3.70. The van der Waals surface area contributed by atoms with Crippen LogP contribution in [0.15, 0.2) is 30.3 Å². The number of nitrogens with one attached hydrogen (secondary N) is 1. The monoisotopic (exact) mass is 177 g/mol. The molecule has 0 fully saturated rings. The smallest absolute Gasteiger partial charge is 0.142 e. The number of hydrogen-bond acceptors (Lipinski definition) is 3. The molecule has 1 unspecified atom stereocenters. The average molecular weight is 177 g/mol. The highest BCUT2D eigenvalue weighted by molar-refractivity contribution is 5.69. The van der Waals surface area contributed by atoms with Crippen molar-refractivity contribution in [3.05, 3.63) is 30.3 Å². The van der Waals surface area contributed by atoms with Crippen LogP contribution in [-0.2, 0) is 9.59 Å². The quantitative estimate of drug-likeness (QED) is 0.688. The molecule has 0 saturated heterocycles. The lowest BCUT2D eigenvalue weighted by molar-refractivity contribution is -0.112. The molecule has 68 valence electrons. The summed E-state index contributed by atoms with van der Waals surface area (Å²) in [5, 5.41) is 2.93. The molecular weight excluding hydrogens is 166 g/mol. The van der Waals surface area contributed by atoms with Crippen LogP contribution < -0.4 is 5.32 Å². The second kappa shape index (κ2) is 5.09. The van der Waals surface area contributed by atoms with Gasteiger partial charge in [0.05, 0.1) is 6.04 Å². The Morgan fingerprint density at radius 3 is 2.46 bits per heavy atom. The van der Waals surface area contributed by atoms with Crippen molar-refractivity contribution >= 4 is 18.3 Å². The van der Waals surface area contributed by atoms with Crippen molar-refractivity contribution in [2.75, 3.05) is 5.32 Å². The highest BCUT2D eigenvalue weighted by Crippen LogP contribution is 2.06. The summed E-state index contributed by atoms with van der Waals surface area (Å²) in [7, 11) is 0. The van der Waals surface area contributed by atoms with E-state index >= 15 is 0 Å². The molecule has 1 aromatic rings. The van der Waals surface area contributed by atoms with Gasteiger partial charge >= 0.3 is 0 Å². The third kappa shape index (κ3) is 3.07. The number of hydrogen-bond donors (Lipinski definition) is 1. The van der Waals surface area contributed by atoms with Gasteiger partial charge in [0.1, 0.15) is 12.6 Å². The first-order valence-electron chi connectivity index (χ1n) is 4.07. The minimum Gasteiger partial charge on any atom is -0.375 e. The van der Waals surface area contributed by atoms with E-state index in [9.17, 15) is 9.59 Å². The third-order valence-electron chi connectivity index (χ3n) is 1.64. The Hall–Kier alpha value is -1.64. The van der Waals surface area contributed by atoms with Gasteiger partial charge in [-0.3, -0.25) is 0 Å². The van der Waals surface area contributed by atoms with Crippen LogP contribution in [0, 0.1) is 0 Å². The molecule has 0 amide bonds. The number of para-hydroxylation sites is 1. The largest absolute Gasteiger partial charge is 0.375 e. The second-order valence-electron chi connectivity index (χ2n) is 2.66. The number of aldehydes is 2. The van der Waals surface area contributed by atoms with E-state index in [1.54, 1.807) is 0 Å². The van der Waals surface area contributed by atoms with Crippen LogP contribution in [0.2, 0.25) is 0 Å². The van der Waals surface area contributed by atoms with Crippen molar-refractivity contribution in [3.63, 3.8) is 0 Å². The Balaban J connectivity index is 2.56. The lowest BCUT2D eigenvalue weighted by Gasteiger charge is -2.10. The van der Waals surface area contributed by atoms with Crippen molar-refractivity contribution in [1.29, 1.82) is 0 Å². The van der Waals surface area contributed by atoms with Crippen molar-refractivity contribution in [2.24, 2.45) is 0 Å². The van der Waals surface area contributed by atoms with Crippen molar-refractivity contribution < 1.29 is 9.59 Å². The van der Waals surface area contributed by atoms with Gasteiger partial charge < -0.3 is 14.9 Å². The molecule has 1 aromatic carbocycles. The molecule has 0 bridgehead atoms. The van der Waals surface area contributed by atoms with Gasteiger partial charge in [-0.05, 0) is 12.1 Å². The molecular formula is C10H11NO2. The molecule has 1 atom stereocenters. The van der Waals surface area contributed by atoms with Crippen molar-refractivity contribution in [1.82, 2.24) is 0 Å². The van der Waals surface area contributed by atoms with E-state index in [1.807, 2.05) is 30.3 Å². The molecule has 0 heterocycles. The standard InChI is InChI=1S/C10H11NO2/c12-7-6-10(8-13)11-9-4-2-1-3-5-9/h1-5,7-8,10-11H,6H2. The van der Waals surface area contributed by atoms with Gasteiger partial charge in [0.25, 0.3) is 0 Å². The molecule has 13 heavy (non-hydrogen) atoms. The predicted octanol–water partition coefficient (Wildman–Crippen LogP) is 1.25. The molecule has 0 radical (unpaired) electrons.